The van der Waals surface area contributed by atoms with Crippen molar-refractivity contribution in [3.63, 3.8) is 0 Å². The number of rotatable bonds is 9. The minimum absolute atomic E-state index is 0.112. The van der Waals surface area contributed by atoms with Crippen molar-refractivity contribution < 1.29 is 23.1 Å². The molecule has 3 amide bonds. The van der Waals surface area contributed by atoms with Gasteiger partial charge in [0.05, 0.1) is 4.90 Å². The van der Waals surface area contributed by atoms with Gasteiger partial charge in [-0.15, -0.1) is 0 Å². The Morgan fingerprint density at radius 3 is 2.44 bits per heavy atom. The molecule has 2 atom stereocenters. The van der Waals surface area contributed by atoms with E-state index in [9.17, 15) is 23.1 Å². The van der Waals surface area contributed by atoms with Crippen LogP contribution in [-0.4, -0.2) is 54.9 Å². The first-order chi connectivity index (χ1) is 16.2. The summed E-state index contributed by atoms with van der Waals surface area (Å²) < 4.78 is 27.4. The van der Waals surface area contributed by atoms with Crippen LogP contribution in [-0.2, 0) is 21.4 Å². The summed E-state index contributed by atoms with van der Waals surface area (Å²) in [4.78, 5) is 25.2. The number of amides is 3. The molecule has 0 aromatic heterocycles. The normalized spacial score (nSPS) is 17.0. The maximum atomic E-state index is 13.1. The van der Waals surface area contributed by atoms with Crippen molar-refractivity contribution >= 4 is 22.0 Å². The van der Waals surface area contributed by atoms with Crippen LogP contribution in [0, 0.1) is 6.92 Å². The Kier molecular flexibility index (Phi) is 8.30. The van der Waals surface area contributed by atoms with E-state index < -0.39 is 34.0 Å². The second-order valence-electron chi connectivity index (χ2n) is 8.19. The number of benzene rings is 2. The van der Waals surface area contributed by atoms with Gasteiger partial charge >= 0.3 is 6.03 Å². The molecule has 10 heteroatoms. The van der Waals surface area contributed by atoms with Crippen LogP contribution in [0.4, 0.5) is 4.79 Å². The molecule has 0 saturated carbocycles. The number of aliphatic hydroxyl groups is 1. The number of hydrogen-bond acceptors (Lipinski definition) is 5. The van der Waals surface area contributed by atoms with Crippen LogP contribution in [0.3, 0.4) is 0 Å². The lowest BCUT2D eigenvalue weighted by atomic mass is 10.2. The largest absolute Gasteiger partial charge is 0.511 e. The first-order valence-electron chi connectivity index (χ1n) is 11.0. The van der Waals surface area contributed by atoms with Crippen molar-refractivity contribution in [1.29, 1.82) is 0 Å². The Bertz CT molecular complexity index is 1120. The molecule has 0 aliphatic carbocycles. The maximum Gasteiger partial charge on any atom is 0.315 e. The molecule has 1 saturated heterocycles. The van der Waals surface area contributed by atoms with Crippen LogP contribution in [0.15, 0.2) is 71.8 Å². The van der Waals surface area contributed by atoms with Gasteiger partial charge in [0.1, 0.15) is 17.8 Å². The molecule has 3 rings (SSSR count). The van der Waals surface area contributed by atoms with E-state index in [4.69, 9.17) is 0 Å². The van der Waals surface area contributed by atoms with Gasteiger partial charge in [0, 0.05) is 19.6 Å². The van der Waals surface area contributed by atoms with E-state index in [-0.39, 0.29) is 23.7 Å². The summed E-state index contributed by atoms with van der Waals surface area (Å²) in [5.41, 5.74) is 1.85. The van der Waals surface area contributed by atoms with Gasteiger partial charge in [-0.2, -0.15) is 4.31 Å². The zero-order valence-electron chi connectivity index (χ0n) is 19.0. The van der Waals surface area contributed by atoms with Gasteiger partial charge in [0.15, 0.2) is 0 Å². The third-order valence-electron chi connectivity index (χ3n) is 5.62. The van der Waals surface area contributed by atoms with Crippen LogP contribution in [0.25, 0.3) is 0 Å². The van der Waals surface area contributed by atoms with Gasteiger partial charge in [-0.05, 0) is 37.5 Å². The lowest BCUT2D eigenvalue weighted by molar-refractivity contribution is -0.124. The maximum absolute atomic E-state index is 13.1. The summed E-state index contributed by atoms with van der Waals surface area (Å²) in [6.45, 7) is 5.76. The average molecular weight is 487 g/mol. The Balaban J connectivity index is 1.59. The van der Waals surface area contributed by atoms with Crippen LogP contribution in [0.2, 0.25) is 0 Å². The quantitative estimate of drug-likeness (QED) is 0.404. The number of carbonyl (C=O) groups is 2. The fraction of sp³-hybridized carbons (Fsp3) is 0.333. The van der Waals surface area contributed by atoms with Gasteiger partial charge in [0.2, 0.25) is 15.9 Å². The fourth-order valence-electron chi connectivity index (χ4n) is 3.69. The number of nitrogens with one attached hydrogen (secondary N) is 3. The summed E-state index contributed by atoms with van der Waals surface area (Å²) in [5.74, 6) is -0.900. The number of hydrogen-bond donors (Lipinski definition) is 4. The van der Waals surface area contributed by atoms with Crippen molar-refractivity contribution in [1.82, 2.24) is 20.3 Å². The molecule has 0 spiro atoms. The van der Waals surface area contributed by atoms with Crippen LogP contribution in [0.5, 0.6) is 0 Å². The van der Waals surface area contributed by atoms with E-state index in [1.54, 1.807) is 12.1 Å². The molecule has 1 heterocycles. The minimum atomic E-state index is -3.86. The molecule has 2 aromatic carbocycles. The molecule has 0 bridgehead atoms. The van der Waals surface area contributed by atoms with E-state index in [1.807, 2.05) is 37.3 Å². The standard InChI is InChI=1S/C24H30N4O5S/c1-17-10-12-20(13-11-17)34(32,33)28-14-6-9-22(28)23(30)27-21(18(2)29)16-26-24(31)25-15-19-7-4-3-5-8-19/h3-5,7-8,10-13,21-22,29H,2,6,9,14-16H2,1H3,(H,27,30)(H2,25,26,31)/t21-,22-/m0/s1. The van der Waals surface area contributed by atoms with E-state index in [0.29, 0.717) is 19.4 Å². The van der Waals surface area contributed by atoms with Gasteiger partial charge in [-0.25, -0.2) is 13.2 Å². The van der Waals surface area contributed by atoms with E-state index in [0.717, 1.165) is 11.1 Å². The third-order valence-corrected chi connectivity index (χ3v) is 7.54. The van der Waals surface area contributed by atoms with Crippen LogP contribution < -0.4 is 16.0 Å². The predicted octanol–water partition coefficient (Wildman–Crippen LogP) is 2.20. The molecule has 0 unspecified atom stereocenters. The van der Waals surface area contributed by atoms with Crippen molar-refractivity contribution in [2.24, 2.45) is 0 Å². The molecule has 9 nitrogen and oxygen atoms in total. The predicted molar refractivity (Wildman–Crippen MR) is 128 cm³/mol. The molecular weight excluding hydrogens is 456 g/mol. The molecule has 1 fully saturated rings. The summed E-state index contributed by atoms with van der Waals surface area (Å²) in [6, 6.07) is 13.4. The van der Waals surface area contributed by atoms with Crippen LogP contribution >= 0.6 is 0 Å². The molecule has 0 radical (unpaired) electrons. The summed E-state index contributed by atoms with van der Waals surface area (Å²) in [5, 5.41) is 17.8. The topological polar surface area (TPSA) is 128 Å². The highest BCUT2D eigenvalue weighted by Gasteiger charge is 2.40. The van der Waals surface area contributed by atoms with Crippen molar-refractivity contribution in [3.8, 4) is 0 Å². The molecule has 182 valence electrons. The molecule has 1 aliphatic heterocycles. The minimum Gasteiger partial charge on any atom is -0.511 e. The molecule has 4 N–H and O–H groups in total. The van der Waals surface area contributed by atoms with Crippen molar-refractivity contribution in [2.45, 2.75) is 43.3 Å². The number of urea groups is 1. The molecule has 2 aromatic rings. The molecule has 1 aliphatic rings. The number of nitrogens with zero attached hydrogens (tertiary/aromatic N) is 1. The van der Waals surface area contributed by atoms with E-state index in [2.05, 4.69) is 22.5 Å². The summed E-state index contributed by atoms with van der Waals surface area (Å²) in [7, 11) is -3.86. The average Bonchev–Trinajstić information content (AvgIpc) is 3.32. The van der Waals surface area contributed by atoms with Crippen LogP contribution in [0.1, 0.15) is 24.0 Å². The summed E-state index contributed by atoms with van der Waals surface area (Å²) >= 11 is 0. The number of sulfonamides is 1. The smallest absolute Gasteiger partial charge is 0.315 e. The van der Waals surface area contributed by atoms with Gasteiger partial charge < -0.3 is 21.1 Å². The molecular formula is C24H30N4O5S. The zero-order valence-corrected chi connectivity index (χ0v) is 19.8. The van der Waals surface area contributed by atoms with Gasteiger partial charge in [-0.3, -0.25) is 4.79 Å². The fourth-order valence-corrected chi connectivity index (χ4v) is 5.35. The van der Waals surface area contributed by atoms with E-state index in [1.165, 1.54) is 16.4 Å². The third kappa shape index (κ3) is 6.36. The van der Waals surface area contributed by atoms with Crippen molar-refractivity contribution in [3.05, 3.63) is 78.1 Å². The Hall–Kier alpha value is -3.37. The Labute approximate surface area is 199 Å². The number of aliphatic hydroxyl groups excluding tert-OH is 1. The lowest BCUT2D eigenvalue weighted by Crippen LogP contribution is -2.52. The van der Waals surface area contributed by atoms with Gasteiger partial charge in [-0.1, -0.05) is 54.6 Å². The molecule has 34 heavy (non-hydrogen) atoms. The SMILES string of the molecule is C=C(O)[C@H](CNC(=O)NCc1ccccc1)NC(=O)[C@@H]1CCCN1S(=O)(=O)c1ccc(C)cc1. The highest BCUT2D eigenvalue weighted by molar-refractivity contribution is 7.89. The van der Waals surface area contributed by atoms with E-state index >= 15 is 0 Å². The summed E-state index contributed by atoms with van der Waals surface area (Å²) in [6.07, 6.45) is 0.889. The highest BCUT2D eigenvalue weighted by atomic mass is 32.2. The number of aryl methyl sites for hydroxylation is 1. The first kappa shape index (κ1) is 25.3. The van der Waals surface area contributed by atoms with Crippen molar-refractivity contribution in [2.75, 3.05) is 13.1 Å². The second kappa shape index (κ2) is 11.2. The Morgan fingerprint density at radius 2 is 1.79 bits per heavy atom. The zero-order chi connectivity index (χ0) is 24.7. The second-order valence-corrected chi connectivity index (χ2v) is 10.1. The monoisotopic (exact) mass is 486 g/mol. The lowest BCUT2D eigenvalue weighted by Gasteiger charge is -2.26. The highest BCUT2D eigenvalue weighted by Crippen LogP contribution is 2.26. The first-order valence-corrected chi connectivity index (χ1v) is 12.4. The number of carbonyl (C=O) groups excluding carboxylic acids is 2. The Morgan fingerprint density at radius 1 is 1.12 bits per heavy atom. The van der Waals surface area contributed by atoms with Gasteiger partial charge in [0.25, 0.3) is 0 Å².